The van der Waals surface area contributed by atoms with E-state index in [1.165, 1.54) is 19.3 Å². The molecule has 0 spiro atoms. The molecule has 2 nitrogen and oxygen atoms in total. The number of carboxylic acids is 1. The van der Waals surface area contributed by atoms with Crippen molar-refractivity contribution in [3.05, 3.63) is 0 Å². The summed E-state index contributed by atoms with van der Waals surface area (Å²) >= 11 is 0. The fourth-order valence-electron chi connectivity index (χ4n) is 3.80. The summed E-state index contributed by atoms with van der Waals surface area (Å²) in [7, 11) is -1.34. The number of aliphatic carboxylic acids is 1. The molecule has 3 unspecified atom stereocenters. The maximum atomic E-state index is 11.3. The molecule has 14 heavy (non-hydrogen) atoms. The minimum atomic E-state index is -1.34. The van der Waals surface area contributed by atoms with E-state index in [9.17, 15) is 9.90 Å². The minimum absolute atomic E-state index is 0.0204. The van der Waals surface area contributed by atoms with Crippen LogP contribution in [0.4, 0.5) is 0 Å². The fourth-order valence-corrected chi connectivity index (χ4v) is 6.88. The summed E-state index contributed by atoms with van der Waals surface area (Å²) in [5.41, 5.74) is 0. The summed E-state index contributed by atoms with van der Waals surface area (Å²) in [5.74, 6) is 0.172. The van der Waals surface area contributed by atoms with Gasteiger partial charge in [-0.2, -0.15) is 0 Å². The largest absolute Gasteiger partial charge is 0.481 e. The summed E-state index contributed by atoms with van der Waals surface area (Å²) in [5, 5.41) is 9.51. The van der Waals surface area contributed by atoms with Crippen LogP contribution < -0.4 is 0 Å². The lowest BCUT2D eigenvalue weighted by molar-refractivity contribution is -0.143. The Balaban J connectivity index is 2.35. The zero-order valence-corrected chi connectivity index (χ0v) is 10.3. The van der Waals surface area contributed by atoms with Gasteiger partial charge in [0.05, 0.1) is 14.0 Å². The molecule has 0 aliphatic heterocycles. The monoisotopic (exact) mass is 212 g/mol. The van der Waals surface area contributed by atoms with Gasteiger partial charge in [0.15, 0.2) is 0 Å². The van der Waals surface area contributed by atoms with Crippen LogP contribution in [0.25, 0.3) is 0 Å². The maximum Gasteiger partial charge on any atom is 0.306 e. The molecule has 0 saturated heterocycles. The third-order valence-electron chi connectivity index (χ3n) is 4.68. The van der Waals surface area contributed by atoms with Crippen LogP contribution in [0.2, 0.25) is 24.7 Å². The first kappa shape index (κ1) is 10.2. The standard InChI is InChI=1S/C11H20O2Si/c1-14(2,3)11-5-4-8(7-11)6-9(11)10(12)13/h8-9H,4-7H2,1-3H3,(H,12,13). The van der Waals surface area contributed by atoms with Crippen LogP contribution >= 0.6 is 0 Å². The number of carbonyl (C=O) groups is 1. The van der Waals surface area contributed by atoms with E-state index >= 15 is 0 Å². The first-order chi connectivity index (χ1) is 6.37. The third-order valence-corrected chi connectivity index (χ3v) is 8.47. The third kappa shape index (κ3) is 1.18. The number of fused-ring (bicyclic) bond motifs is 2. The highest BCUT2D eigenvalue weighted by Gasteiger charge is 2.60. The molecule has 2 bridgehead atoms. The van der Waals surface area contributed by atoms with Crippen LogP contribution in [0.3, 0.4) is 0 Å². The summed E-state index contributed by atoms with van der Waals surface area (Å²) in [4.78, 5) is 11.3. The van der Waals surface area contributed by atoms with Gasteiger partial charge < -0.3 is 5.11 Å². The highest BCUT2D eigenvalue weighted by molar-refractivity contribution is 6.79. The molecule has 0 aromatic carbocycles. The van der Waals surface area contributed by atoms with E-state index < -0.39 is 14.0 Å². The molecule has 80 valence electrons. The molecule has 2 aliphatic rings. The molecule has 1 N–H and O–H groups in total. The summed E-state index contributed by atoms with van der Waals surface area (Å²) in [6, 6.07) is 0. The van der Waals surface area contributed by atoms with Crippen molar-refractivity contribution in [2.75, 3.05) is 0 Å². The van der Waals surface area contributed by atoms with Crippen LogP contribution in [0, 0.1) is 11.8 Å². The Labute approximate surface area is 86.7 Å². The maximum absolute atomic E-state index is 11.3. The lowest BCUT2D eigenvalue weighted by Gasteiger charge is -2.42. The van der Waals surface area contributed by atoms with Gasteiger partial charge in [0.25, 0.3) is 0 Å². The zero-order chi connectivity index (χ0) is 10.6. The zero-order valence-electron chi connectivity index (χ0n) is 9.34. The molecule has 3 atom stereocenters. The highest BCUT2D eigenvalue weighted by atomic mass is 28.3. The van der Waals surface area contributed by atoms with Gasteiger partial charge in [-0.05, 0) is 30.2 Å². The molecule has 2 rings (SSSR count). The van der Waals surface area contributed by atoms with Crippen molar-refractivity contribution in [1.82, 2.24) is 0 Å². The van der Waals surface area contributed by atoms with E-state index in [4.69, 9.17) is 0 Å². The second-order valence-electron chi connectivity index (χ2n) is 6.14. The smallest absolute Gasteiger partial charge is 0.306 e. The SMILES string of the molecule is C[Si](C)(C)C12CCC(CC1C(=O)O)C2. The highest BCUT2D eigenvalue weighted by Crippen LogP contribution is 2.67. The molecular formula is C11H20O2Si. The Hall–Kier alpha value is -0.313. The predicted molar refractivity (Wildman–Crippen MR) is 59.1 cm³/mol. The predicted octanol–water partition coefficient (Wildman–Crippen LogP) is 2.97. The average molecular weight is 212 g/mol. The van der Waals surface area contributed by atoms with Crippen LogP contribution in [-0.4, -0.2) is 19.1 Å². The minimum Gasteiger partial charge on any atom is -0.481 e. The van der Waals surface area contributed by atoms with Gasteiger partial charge in [0.1, 0.15) is 0 Å². The number of carboxylic acid groups (broad SMARTS) is 1. The van der Waals surface area contributed by atoms with E-state index in [2.05, 4.69) is 19.6 Å². The van der Waals surface area contributed by atoms with Gasteiger partial charge in [-0.25, -0.2) is 0 Å². The Bertz CT molecular complexity index is 269. The lowest BCUT2D eigenvalue weighted by atomic mass is 9.88. The molecular weight excluding hydrogens is 192 g/mol. The Morgan fingerprint density at radius 3 is 2.43 bits per heavy atom. The fraction of sp³-hybridized carbons (Fsp3) is 0.909. The van der Waals surface area contributed by atoms with Gasteiger partial charge in [-0.3, -0.25) is 4.79 Å². The first-order valence-electron chi connectivity index (χ1n) is 5.60. The van der Waals surface area contributed by atoms with Crippen molar-refractivity contribution in [1.29, 1.82) is 0 Å². The van der Waals surface area contributed by atoms with Crippen molar-refractivity contribution in [3.63, 3.8) is 0 Å². The van der Waals surface area contributed by atoms with Gasteiger partial charge in [-0.15, -0.1) is 0 Å². The van der Waals surface area contributed by atoms with Crippen LogP contribution in [0.5, 0.6) is 0 Å². The molecule has 0 aromatic heterocycles. The second-order valence-corrected chi connectivity index (χ2v) is 11.6. The van der Waals surface area contributed by atoms with Crippen molar-refractivity contribution < 1.29 is 9.90 Å². The molecule has 0 heterocycles. The van der Waals surface area contributed by atoms with Gasteiger partial charge >= 0.3 is 5.97 Å². The topological polar surface area (TPSA) is 37.3 Å². The molecule has 0 amide bonds. The number of hydrogen-bond donors (Lipinski definition) is 1. The van der Waals surface area contributed by atoms with Crippen LogP contribution in [0.1, 0.15) is 25.7 Å². The van der Waals surface area contributed by atoms with Crippen molar-refractivity contribution in [2.24, 2.45) is 11.8 Å². The Kier molecular flexibility index (Phi) is 2.07. The van der Waals surface area contributed by atoms with E-state index in [1.54, 1.807) is 0 Å². The Morgan fingerprint density at radius 2 is 2.07 bits per heavy atom. The summed E-state index contributed by atoms with van der Waals surface area (Å²) < 4.78 is 0. The van der Waals surface area contributed by atoms with E-state index in [0.29, 0.717) is 0 Å². The molecule has 3 heteroatoms. The first-order valence-corrected chi connectivity index (χ1v) is 9.10. The van der Waals surface area contributed by atoms with Crippen molar-refractivity contribution in [3.8, 4) is 0 Å². The Morgan fingerprint density at radius 1 is 1.43 bits per heavy atom. The van der Waals surface area contributed by atoms with Gasteiger partial charge in [0.2, 0.25) is 0 Å². The van der Waals surface area contributed by atoms with E-state index in [-0.39, 0.29) is 11.0 Å². The quantitative estimate of drug-likeness (QED) is 0.715. The van der Waals surface area contributed by atoms with Gasteiger partial charge in [0, 0.05) is 0 Å². The van der Waals surface area contributed by atoms with Crippen molar-refractivity contribution in [2.45, 2.75) is 50.4 Å². The number of hydrogen-bond acceptors (Lipinski definition) is 1. The molecule has 2 fully saturated rings. The average Bonchev–Trinajstić information content (AvgIpc) is 2.58. The molecule has 0 aromatic rings. The summed E-state index contributed by atoms with van der Waals surface area (Å²) in [6.45, 7) is 7.03. The number of rotatable bonds is 2. The van der Waals surface area contributed by atoms with Crippen LogP contribution in [-0.2, 0) is 4.79 Å². The van der Waals surface area contributed by atoms with Crippen molar-refractivity contribution >= 4 is 14.0 Å². The molecule has 2 aliphatic carbocycles. The second kappa shape index (κ2) is 2.84. The van der Waals surface area contributed by atoms with Gasteiger partial charge in [-0.1, -0.05) is 26.1 Å². The molecule has 0 radical (unpaired) electrons. The lowest BCUT2D eigenvalue weighted by Crippen LogP contribution is -2.44. The normalized spacial score (nSPS) is 41.6. The summed E-state index contributed by atoms with van der Waals surface area (Å²) in [6.07, 6.45) is 4.64. The molecule has 2 saturated carbocycles. The van der Waals surface area contributed by atoms with E-state index in [1.807, 2.05) is 0 Å². The van der Waals surface area contributed by atoms with E-state index in [0.717, 1.165) is 12.3 Å². The van der Waals surface area contributed by atoms with Crippen LogP contribution in [0.15, 0.2) is 0 Å².